The summed E-state index contributed by atoms with van der Waals surface area (Å²) in [4.78, 5) is 2.38. The molecule has 0 N–H and O–H groups in total. The third-order valence-electron chi connectivity index (χ3n) is 3.14. The van der Waals surface area contributed by atoms with Crippen molar-refractivity contribution in [2.45, 2.75) is 12.8 Å². The van der Waals surface area contributed by atoms with Gasteiger partial charge in [-0.15, -0.1) is 0 Å². The number of benzene rings is 1. The molecule has 1 aromatic carbocycles. The summed E-state index contributed by atoms with van der Waals surface area (Å²) in [6.07, 6.45) is 6.27. The van der Waals surface area contributed by atoms with Crippen molar-refractivity contribution in [3.05, 3.63) is 41.7 Å². The van der Waals surface area contributed by atoms with Crippen LogP contribution in [0.15, 0.2) is 36.7 Å². The molecule has 1 fully saturated rings. The van der Waals surface area contributed by atoms with Gasteiger partial charge < -0.3 is 4.90 Å². The van der Waals surface area contributed by atoms with Crippen LogP contribution in [-0.2, 0) is 0 Å². The Labute approximate surface area is 106 Å². The van der Waals surface area contributed by atoms with Gasteiger partial charge in [0.05, 0.1) is 11.4 Å². The van der Waals surface area contributed by atoms with E-state index in [1.807, 2.05) is 35.1 Å². The van der Waals surface area contributed by atoms with E-state index < -0.39 is 0 Å². The standard InChI is InChI=1S/C13H14ClN3/c14-11-4-5-12(17-9-3-6-15-17)13(10-11)16-7-1-2-8-16/h3-6,9-10H,1-2,7-8H2. The largest absolute Gasteiger partial charge is 0.370 e. The molecular weight excluding hydrogens is 234 g/mol. The Bertz CT molecular complexity index is 501. The molecule has 1 saturated heterocycles. The zero-order valence-electron chi connectivity index (χ0n) is 9.51. The van der Waals surface area contributed by atoms with Crippen molar-refractivity contribution in [1.82, 2.24) is 9.78 Å². The number of nitrogens with zero attached hydrogens (tertiary/aromatic N) is 3. The van der Waals surface area contributed by atoms with E-state index in [1.54, 1.807) is 6.20 Å². The van der Waals surface area contributed by atoms with Crippen LogP contribution in [0.2, 0.25) is 5.02 Å². The summed E-state index contributed by atoms with van der Waals surface area (Å²) in [5.74, 6) is 0. The molecule has 4 heteroatoms. The molecule has 17 heavy (non-hydrogen) atoms. The van der Waals surface area contributed by atoms with Crippen LogP contribution in [0.1, 0.15) is 12.8 Å². The molecule has 1 aromatic heterocycles. The van der Waals surface area contributed by atoms with Crippen LogP contribution in [0.3, 0.4) is 0 Å². The Kier molecular flexibility index (Phi) is 2.77. The van der Waals surface area contributed by atoms with Crippen molar-refractivity contribution >= 4 is 17.3 Å². The number of hydrogen-bond donors (Lipinski definition) is 0. The van der Waals surface area contributed by atoms with Crippen molar-refractivity contribution in [2.24, 2.45) is 0 Å². The Hall–Kier alpha value is -1.48. The lowest BCUT2D eigenvalue weighted by Crippen LogP contribution is -2.19. The molecule has 0 amide bonds. The highest BCUT2D eigenvalue weighted by Gasteiger charge is 2.17. The van der Waals surface area contributed by atoms with Crippen molar-refractivity contribution in [3.8, 4) is 5.69 Å². The maximum absolute atomic E-state index is 6.10. The Morgan fingerprint density at radius 2 is 1.94 bits per heavy atom. The smallest absolute Gasteiger partial charge is 0.0879 e. The van der Waals surface area contributed by atoms with Crippen molar-refractivity contribution in [3.63, 3.8) is 0 Å². The molecule has 1 aliphatic heterocycles. The first-order valence-corrected chi connectivity index (χ1v) is 6.27. The molecule has 0 saturated carbocycles. The number of halogens is 1. The fourth-order valence-corrected chi connectivity index (χ4v) is 2.48. The Balaban J connectivity index is 2.07. The second-order valence-electron chi connectivity index (χ2n) is 4.28. The maximum atomic E-state index is 6.10. The lowest BCUT2D eigenvalue weighted by Gasteiger charge is -2.21. The third kappa shape index (κ3) is 2.03. The minimum atomic E-state index is 0.780. The van der Waals surface area contributed by atoms with Gasteiger partial charge >= 0.3 is 0 Å². The molecule has 3 nitrogen and oxygen atoms in total. The Morgan fingerprint density at radius 1 is 1.12 bits per heavy atom. The number of aromatic nitrogens is 2. The summed E-state index contributed by atoms with van der Waals surface area (Å²) in [7, 11) is 0. The van der Waals surface area contributed by atoms with E-state index in [2.05, 4.69) is 10.00 Å². The number of rotatable bonds is 2. The SMILES string of the molecule is Clc1ccc(-n2cccn2)c(N2CCCC2)c1. The molecule has 0 bridgehead atoms. The van der Waals surface area contributed by atoms with E-state index in [4.69, 9.17) is 11.6 Å². The minimum absolute atomic E-state index is 0.780. The van der Waals surface area contributed by atoms with E-state index in [0.29, 0.717) is 0 Å². The van der Waals surface area contributed by atoms with Crippen molar-refractivity contribution in [1.29, 1.82) is 0 Å². The van der Waals surface area contributed by atoms with Gasteiger partial charge in [0.2, 0.25) is 0 Å². The molecular formula is C13H14ClN3. The van der Waals surface area contributed by atoms with E-state index in [9.17, 15) is 0 Å². The van der Waals surface area contributed by atoms with Crippen LogP contribution < -0.4 is 4.90 Å². The summed E-state index contributed by atoms with van der Waals surface area (Å²) in [6, 6.07) is 7.91. The van der Waals surface area contributed by atoms with E-state index in [0.717, 1.165) is 23.8 Å². The summed E-state index contributed by atoms with van der Waals surface area (Å²) in [5.41, 5.74) is 2.28. The van der Waals surface area contributed by atoms with Gasteiger partial charge in [0.1, 0.15) is 0 Å². The average Bonchev–Trinajstić information content (AvgIpc) is 3.02. The first-order valence-electron chi connectivity index (χ1n) is 5.89. The van der Waals surface area contributed by atoms with Crippen LogP contribution in [0.4, 0.5) is 5.69 Å². The predicted octanol–water partition coefficient (Wildman–Crippen LogP) is 3.13. The highest BCUT2D eigenvalue weighted by molar-refractivity contribution is 6.31. The van der Waals surface area contributed by atoms with Crippen LogP contribution in [0, 0.1) is 0 Å². The van der Waals surface area contributed by atoms with E-state index in [1.165, 1.54) is 18.5 Å². The third-order valence-corrected chi connectivity index (χ3v) is 3.37. The summed E-state index contributed by atoms with van der Waals surface area (Å²) in [6.45, 7) is 2.21. The summed E-state index contributed by atoms with van der Waals surface area (Å²) >= 11 is 6.10. The van der Waals surface area contributed by atoms with E-state index >= 15 is 0 Å². The monoisotopic (exact) mass is 247 g/mol. The molecule has 0 spiro atoms. The maximum Gasteiger partial charge on any atom is 0.0879 e. The van der Waals surface area contributed by atoms with Gasteiger partial charge in [-0.2, -0.15) is 5.10 Å². The van der Waals surface area contributed by atoms with Gasteiger partial charge in [-0.3, -0.25) is 0 Å². The molecule has 2 heterocycles. The number of anilines is 1. The summed E-state index contributed by atoms with van der Waals surface area (Å²) in [5, 5.41) is 5.08. The lowest BCUT2D eigenvalue weighted by molar-refractivity contribution is 0.862. The van der Waals surface area contributed by atoms with Crippen LogP contribution in [0.25, 0.3) is 5.69 Å². The molecule has 3 rings (SSSR count). The van der Waals surface area contributed by atoms with Gasteiger partial charge in [-0.05, 0) is 37.1 Å². The fourth-order valence-electron chi connectivity index (χ4n) is 2.31. The first kappa shape index (κ1) is 10.7. The van der Waals surface area contributed by atoms with Crippen LogP contribution in [0.5, 0.6) is 0 Å². The van der Waals surface area contributed by atoms with Crippen LogP contribution in [-0.4, -0.2) is 22.9 Å². The molecule has 0 atom stereocenters. The Morgan fingerprint density at radius 3 is 2.65 bits per heavy atom. The zero-order valence-corrected chi connectivity index (χ0v) is 10.3. The quantitative estimate of drug-likeness (QED) is 0.813. The zero-order chi connectivity index (χ0) is 11.7. The average molecular weight is 248 g/mol. The summed E-state index contributed by atoms with van der Waals surface area (Å²) < 4.78 is 1.89. The molecule has 1 aliphatic rings. The van der Waals surface area contributed by atoms with E-state index in [-0.39, 0.29) is 0 Å². The van der Waals surface area contributed by atoms with Crippen molar-refractivity contribution in [2.75, 3.05) is 18.0 Å². The van der Waals surface area contributed by atoms with Gasteiger partial charge in [0, 0.05) is 30.5 Å². The molecule has 0 unspecified atom stereocenters. The predicted molar refractivity (Wildman–Crippen MR) is 70.0 cm³/mol. The lowest BCUT2D eigenvalue weighted by atomic mass is 10.2. The second-order valence-corrected chi connectivity index (χ2v) is 4.71. The second kappa shape index (κ2) is 4.41. The minimum Gasteiger partial charge on any atom is -0.370 e. The highest BCUT2D eigenvalue weighted by atomic mass is 35.5. The molecule has 88 valence electrons. The molecule has 0 radical (unpaired) electrons. The van der Waals surface area contributed by atoms with Gasteiger partial charge in [0.15, 0.2) is 0 Å². The van der Waals surface area contributed by atoms with Gasteiger partial charge in [-0.1, -0.05) is 11.6 Å². The number of hydrogen-bond acceptors (Lipinski definition) is 2. The van der Waals surface area contributed by atoms with Gasteiger partial charge in [0.25, 0.3) is 0 Å². The molecule has 0 aliphatic carbocycles. The highest BCUT2D eigenvalue weighted by Crippen LogP contribution is 2.30. The first-order chi connectivity index (χ1) is 8.34. The fraction of sp³-hybridized carbons (Fsp3) is 0.308. The van der Waals surface area contributed by atoms with Crippen LogP contribution >= 0.6 is 11.6 Å². The van der Waals surface area contributed by atoms with Gasteiger partial charge in [-0.25, -0.2) is 4.68 Å². The normalized spacial score (nSPS) is 15.5. The van der Waals surface area contributed by atoms with Crippen molar-refractivity contribution < 1.29 is 0 Å². The topological polar surface area (TPSA) is 21.1 Å². The molecule has 2 aromatic rings.